The van der Waals surface area contributed by atoms with Crippen molar-refractivity contribution < 1.29 is 24.5 Å². The number of esters is 1. The van der Waals surface area contributed by atoms with E-state index in [9.17, 15) is 19.8 Å². The van der Waals surface area contributed by atoms with E-state index in [0.717, 1.165) is 12.8 Å². The lowest BCUT2D eigenvalue weighted by molar-refractivity contribution is -0.144. The van der Waals surface area contributed by atoms with Gasteiger partial charge in [0, 0.05) is 22.6 Å². The lowest BCUT2D eigenvalue weighted by atomic mass is 9.49. The fourth-order valence-electron chi connectivity index (χ4n) is 5.49. The predicted octanol–water partition coefficient (Wildman–Crippen LogP) is 3.41. The summed E-state index contributed by atoms with van der Waals surface area (Å²) in [7, 11) is 0. The third kappa shape index (κ3) is 1.79. The zero-order valence-electron chi connectivity index (χ0n) is 15.0. The molecule has 2 fully saturated rings. The number of ketones is 1. The van der Waals surface area contributed by atoms with Gasteiger partial charge in [0.1, 0.15) is 5.41 Å². The molecule has 25 heavy (non-hydrogen) atoms. The van der Waals surface area contributed by atoms with E-state index < -0.39 is 17.5 Å². The highest BCUT2D eigenvalue weighted by atomic mass is 16.6. The Morgan fingerprint density at radius 1 is 1.16 bits per heavy atom. The molecule has 0 aromatic heterocycles. The highest BCUT2D eigenvalue weighted by molar-refractivity contribution is 6.10. The Morgan fingerprint density at radius 2 is 1.84 bits per heavy atom. The summed E-state index contributed by atoms with van der Waals surface area (Å²) in [5, 5.41) is 21.3. The number of aromatic hydroxyl groups is 2. The number of ether oxygens (including phenoxy) is 1. The first-order valence-electron chi connectivity index (χ1n) is 8.97. The molecule has 2 bridgehead atoms. The highest BCUT2D eigenvalue weighted by Crippen LogP contribution is 2.64. The molecule has 1 aliphatic heterocycles. The number of carbonyl (C=O) groups excluding carboxylic acids is 2. The molecule has 0 amide bonds. The number of fused-ring (bicyclic) bond motifs is 1. The molecule has 3 atom stereocenters. The maximum atomic E-state index is 13.1. The van der Waals surface area contributed by atoms with E-state index in [4.69, 9.17) is 4.74 Å². The van der Waals surface area contributed by atoms with Gasteiger partial charge in [-0.25, -0.2) is 0 Å². The lowest BCUT2D eigenvalue weighted by Gasteiger charge is -2.49. The number of hydrogen-bond acceptors (Lipinski definition) is 5. The van der Waals surface area contributed by atoms with Gasteiger partial charge in [-0.1, -0.05) is 34.1 Å². The van der Waals surface area contributed by atoms with Gasteiger partial charge >= 0.3 is 5.97 Å². The maximum absolute atomic E-state index is 13.1. The predicted molar refractivity (Wildman–Crippen MR) is 90.9 cm³/mol. The van der Waals surface area contributed by atoms with Gasteiger partial charge in [0.25, 0.3) is 0 Å². The largest absolute Gasteiger partial charge is 0.504 e. The molecule has 1 aromatic rings. The standard InChI is InChI=1S/C20H24O5/c1-9(2)10-8-11-12(15(23)13(10)21)20-7-5-6-19(3,4)17(20)16(14(11)22)25-18(20)24/h8-9,16-17,21,23H,5-7H2,1-4H3/t16-,17+,20-/m0/s1. The van der Waals surface area contributed by atoms with Gasteiger partial charge in [0.15, 0.2) is 17.6 Å². The number of carbonyl (C=O) groups is 2. The fraction of sp³-hybridized carbons (Fsp3) is 0.600. The molecule has 1 saturated heterocycles. The Labute approximate surface area is 147 Å². The van der Waals surface area contributed by atoms with Gasteiger partial charge in [-0.3, -0.25) is 9.59 Å². The minimum atomic E-state index is -1.03. The van der Waals surface area contributed by atoms with Crippen LogP contribution in [-0.2, 0) is 14.9 Å². The summed E-state index contributed by atoms with van der Waals surface area (Å²) in [6, 6.07) is 1.64. The first-order valence-corrected chi connectivity index (χ1v) is 8.97. The molecule has 1 heterocycles. The minimum absolute atomic E-state index is 0.0590. The Bertz CT molecular complexity index is 807. The minimum Gasteiger partial charge on any atom is -0.504 e. The molecule has 0 unspecified atom stereocenters. The van der Waals surface area contributed by atoms with Crippen molar-refractivity contribution in [2.75, 3.05) is 0 Å². The zero-order valence-corrected chi connectivity index (χ0v) is 15.0. The van der Waals surface area contributed by atoms with Crippen molar-refractivity contribution in [3.63, 3.8) is 0 Å². The van der Waals surface area contributed by atoms with E-state index in [0.29, 0.717) is 17.5 Å². The van der Waals surface area contributed by atoms with E-state index in [1.54, 1.807) is 6.07 Å². The van der Waals surface area contributed by atoms with Gasteiger partial charge in [-0.2, -0.15) is 0 Å². The quantitative estimate of drug-likeness (QED) is 0.602. The lowest BCUT2D eigenvalue weighted by Crippen LogP contribution is -2.54. The first kappa shape index (κ1) is 16.4. The van der Waals surface area contributed by atoms with Crippen LogP contribution in [0, 0.1) is 11.3 Å². The Balaban J connectivity index is 2.08. The number of phenolic OH excluding ortho intramolecular Hbond substituents is 2. The van der Waals surface area contributed by atoms with E-state index in [2.05, 4.69) is 13.8 Å². The Hall–Kier alpha value is -2.04. The summed E-state index contributed by atoms with van der Waals surface area (Å²) in [4.78, 5) is 26.1. The van der Waals surface area contributed by atoms with Crippen molar-refractivity contribution in [3.05, 3.63) is 22.8 Å². The van der Waals surface area contributed by atoms with E-state index >= 15 is 0 Å². The summed E-state index contributed by atoms with van der Waals surface area (Å²) < 4.78 is 5.57. The summed E-state index contributed by atoms with van der Waals surface area (Å²) in [6.45, 7) is 7.88. The number of phenols is 2. The molecule has 4 rings (SSSR count). The van der Waals surface area contributed by atoms with Crippen LogP contribution in [0.1, 0.15) is 74.4 Å². The third-order valence-electron chi connectivity index (χ3n) is 6.56. The summed E-state index contributed by atoms with van der Waals surface area (Å²) in [5.41, 5.74) is -0.158. The van der Waals surface area contributed by atoms with Gasteiger partial charge in [0.05, 0.1) is 0 Å². The number of Topliss-reactive ketones (excluding diaryl/α,β-unsaturated/α-hetero) is 1. The van der Waals surface area contributed by atoms with Crippen LogP contribution < -0.4 is 0 Å². The van der Waals surface area contributed by atoms with Crippen LogP contribution in [0.5, 0.6) is 11.5 Å². The molecular weight excluding hydrogens is 320 g/mol. The molecule has 134 valence electrons. The van der Waals surface area contributed by atoms with Crippen molar-refractivity contribution in [1.29, 1.82) is 0 Å². The molecule has 0 radical (unpaired) electrons. The van der Waals surface area contributed by atoms with Crippen LogP contribution in [0.2, 0.25) is 0 Å². The normalized spacial score (nSPS) is 32.4. The molecule has 5 nitrogen and oxygen atoms in total. The van der Waals surface area contributed by atoms with Gasteiger partial charge in [0.2, 0.25) is 5.78 Å². The average Bonchev–Trinajstić information content (AvgIpc) is 2.79. The SMILES string of the molecule is CC(C)c1cc2c(c(O)c1O)[C@@]13CCCC(C)(C)[C@H]1[C@@H](OC3=O)C2=O. The van der Waals surface area contributed by atoms with Crippen LogP contribution >= 0.6 is 0 Å². The van der Waals surface area contributed by atoms with E-state index in [1.165, 1.54) is 0 Å². The van der Waals surface area contributed by atoms with Crippen molar-refractivity contribution in [1.82, 2.24) is 0 Å². The molecule has 2 aliphatic carbocycles. The molecule has 2 N–H and O–H groups in total. The Kier molecular flexibility index (Phi) is 3.14. The smallest absolute Gasteiger partial charge is 0.317 e. The van der Waals surface area contributed by atoms with Crippen LogP contribution in [0.3, 0.4) is 0 Å². The van der Waals surface area contributed by atoms with E-state index in [1.807, 2.05) is 13.8 Å². The van der Waals surface area contributed by atoms with Crippen LogP contribution in [0.15, 0.2) is 6.07 Å². The number of rotatable bonds is 1. The second kappa shape index (κ2) is 4.77. The van der Waals surface area contributed by atoms with E-state index in [-0.39, 0.29) is 40.1 Å². The monoisotopic (exact) mass is 344 g/mol. The third-order valence-corrected chi connectivity index (χ3v) is 6.56. The molecule has 3 aliphatic rings. The molecule has 1 aromatic carbocycles. The molecular formula is C20H24O5. The van der Waals surface area contributed by atoms with Crippen molar-refractivity contribution in [3.8, 4) is 11.5 Å². The second-order valence-electron chi connectivity index (χ2n) is 8.72. The van der Waals surface area contributed by atoms with Crippen LogP contribution in [0.4, 0.5) is 0 Å². The average molecular weight is 344 g/mol. The highest BCUT2D eigenvalue weighted by Gasteiger charge is 2.70. The van der Waals surface area contributed by atoms with Crippen molar-refractivity contribution in [2.24, 2.45) is 11.3 Å². The fourth-order valence-corrected chi connectivity index (χ4v) is 5.49. The van der Waals surface area contributed by atoms with Gasteiger partial charge in [-0.05, 0) is 30.2 Å². The molecule has 5 heteroatoms. The van der Waals surface area contributed by atoms with Gasteiger partial charge < -0.3 is 14.9 Å². The topological polar surface area (TPSA) is 83.8 Å². The molecule has 1 saturated carbocycles. The number of benzene rings is 1. The summed E-state index contributed by atoms with van der Waals surface area (Å²) in [5.74, 6) is -1.61. The first-order chi connectivity index (χ1) is 11.6. The van der Waals surface area contributed by atoms with Crippen molar-refractivity contribution >= 4 is 11.8 Å². The second-order valence-corrected chi connectivity index (χ2v) is 8.72. The van der Waals surface area contributed by atoms with Crippen molar-refractivity contribution in [2.45, 2.75) is 64.4 Å². The summed E-state index contributed by atoms with van der Waals surface area (Å²) >= 11 is 0. The van der Waals surface area contributed by atoms with Crippen LogP contribution in [0.25, 0.3) is 0 Å². The zero-order chi connectivity index (χ0) is 18.3. The molecule has 0 spiro atoms. The summed E-state index contributed by atoms with van der Waals surface area (Å²) in [6.07, 6.45) is 1.45. The Morgan fingerprint density at radius 3 is 2.48 bits per heavy atom. The van der Waals surface area contributed by atoms with Gasteiger partial charge in [-0.15, -0.1) is 0 Å². The number of hydrogen-bond donors (Lipinski definition) is 2. The van der Waals surface area contributed by atoms with Crippen LogP contribution in [-0.4, -0.2) is 28.1 Å². The maximum Gasteiger partial charge on any atom is 0.317 e.